The summed E-state index contributed by atoms with van der Waals surface area (Å²) in [5.74, 6) is -0.148. The Bertz CT molecular complexity index is 524. The van der Waals surface area contributed by atoms with E-state index in [4.69, 9.17) is 5.73 Å². The molecule has 0 fully saturated rings. The molecule has 0 aliphatic rings. The molecular weight excluding hydrogens is 370 g/mol. The number of nitrogen functional groups attached to an aromatic ring is 1. The van der Waals surface area contributed by atoms with Gasteiger partial charge in [-0.25, -0.2) is 0 Å². The third-order valence-corrected chi connectivity index (χ3v) is 3.46. The summed E-state index contributed by atoms with van der Waals surface area (Å²) in [6.07, 6.45) is 2.09. The van der Waals surface area contributed by atoms with E-state index in [0.29, 0.717) is 37.2 Å². The lowest BCUT2D eigenvalue weighted by Crippen LogP contribution is -2.24. The highest BCUT2D eigenvalue weighted by atomic mass is 79.9. The highest BCUT2D eigenvalue weighted by Crippen LogP contribution is 2.27. The Morgan fingerprint density at radius 1 is 1.23 bits per heavy atom. The van der Waals surface area contributed by atoms with Crippen LogP contribution in [-0.2, 0) is 9.59 Å². The quantitative estimate of drug-likeness (QED) is 0.622. The van der Waals surface area contributed by atoms with Gasteiger partial charge in [0.1, 0.15) is 0 Å². The normalized spacial score (nSPS) is 9.77. The number of benzene rings is 1. The largest absolute Gasteiger partial charge is 0.397 e. The van der Waals surface area contributed by atoms with Gasteiger partial charge in [-0.2, -0.15) is 0 Å². The van der Waals surface area contributed by atoms with E-state index < -0.39 is 0 Å². The fourth-order valence-electron chi connectivity index (χ4n) is 1.83. The second-order valence-corrected chi connectivity index (χ2v) is 5.85. The van der Waals surface area contributed by atoms with Crippen molar-refractivity contribution in [1.29, 1.82) is 0 Å². The predicted octanol–water partition coefficient (Wildman–Crippen LogP) is 3.40. The van der Waals surface area contributed by atoms with Crippen LogP contribution in [-0.4, -0.2) is 18.4 Å². The Morgan fingerprint density at radius 3 is 2.50 bits per heavy atom. The van der Waals surface area contributed by atoms with E-state index in [1.165, 1.54) is 0 Å². The van der Waals surface area contributed by atoms with Crippen molar-refractivity contribution < 1.29 is 9.59 Å². The Kier molecular flexibility index (Phi) is 9.85. The van der Waals surface area contributed by atoms with Gasteiger partial charge in [-0.3, -0.25) is 9.59 Å². The second kappa shape index (κ2) is 10.5. The van der Waals surface area contributed by atoms with Gasteiger partial charge >= 0.3 is 0 Å². The number of carbonyl (C=O) groups excluding carboxylic acids is 2. The molecule has 1 aromatic carbocycles. The van der Waals surface area contributed by atoms with E-state index in [-0.39, 0.29) is 24.2 Å². The first-order valence-electron chi connectivity index (χ1n) is 7.06. The van der Waals surface area contributed by atoms with E-state index in [1.807, 2.05) is 19.9 Å². The van der Waals surface area contributed by atoms with Crippen LogP contribution >= 0.6 is 28.3 Å². The van der Waals surface area contributed by atoms with Crippen molar-refractivity contribution in [2.75, 3.05) is 17.6 Å². The van der Waals surface area contributed by atoms with Crippen LogP contribution < -0.4 is 16.4 Å². The number of nitrogens with two attached hydrogens (primary N) is 1. The SMILES string of the molecule is CCCNC(=O)CCCC(=O)Nc1cc(Br)cc(C)c1N.Cl. The molecule has 7 heteroatoms. The molecule has 22 heavy (non-hydrogen) atoms. The van der Waals surface area contributed by atoms with Crippen LogP contribution in [0.3, 0.4) is 0 Å². The number of rotatable bonds is 7. The first-order valence-corrected chi connectivity index (χ1v) is 7.85. The maximum absolute atomic E-state index is 11.9. The van der Waals surface area contributed by atoms with E-state index in [1.54, 1.807) is 6.07 Å². The van der Waals surface area contributed by atoms with Crippen LogP contribution in [0.15, 0.2) is 16.6 Å². The van der Waals surface area contributed by atoms with Crippen LogP contribution in [0.1, 0.15) is 38.2 Å². The first kappa shape index (κ1) is 20.7. The summed E-state index contributed by atoms with van der Waals surface area (Å²) in [6, 6.07) is 3.66. The number of hydrogen-bond donors (Lipinski definition) is 3. The zero-order valence-corrected chi connectivity index (χ0v) is 15.3. The summed E-state index contributed by atoms with van der Waals surface area (Å²) in [5.41, 5.74) is 7.99. The van der Waals surface area contributed by atoms with Crippen molar-refractivity contribution in [3.8, 4) is 0 Å². The number of aryl methyl sites for hydroxylation is 1. The Balaban J connectivity index is 0.00000441. The number of amides is 2. The summed E-state index contributed by atoms with van der Waals surface area (Å²) in [6.45, 7) is 4.56. The van der Waals surface area contributed by atoms with E-state index in [2.05, 4.69) is 26.6 Å². The molecule has 1 aromatic rings. The minimum absolute atomic E-state index is 0. The molecule has 0 bridgehead atoms. The molecule has 0 aliphatic carbocycles. The molecule has 0 spiro atoms. The fourth-order valence-corrected chi connectivity index (χ4v) is 2.41. The van der Waals surface area contributed by atoms with Gasteiger partial charge in [0.05, 0.1) is 11.4 Å². The molecule has 0 aromatic heterocycles. The molecule has 0 heterocycles. The maximum Gasteiger partial charge on any atom is 0.224 e. The molecule has 0 radical (unpaired) electrons. The average Bonchev–Trinajstić information content (AvgIpc) is 2.42. The fraction of sp³-hybridized carbons (Fsp3) is 0.467. The zero-order chi connectivity index (χ0) is 15.8. The summed E-state index contributed by atoms with van der Waals surface area (Å²) in [7, 11) is 0. The monoisotopic (exact) mass is 391 g/mol. The third-order valence-electron chi connectivity index (χ3n) is 3.01. The summed E-state index contributed by atoms with van der Waals surface area (Å²) >= 11 is 3.37. The number of nitrogens with one attached hydrogen (secondary N) is 2. The van der Waals surface area contributed by atoms with Crippen molar-refractivity contribution >= 4 is 51.5 Å². The molecule has 1 rings (SSSR count). The van der Waals surface area contributed by atoms with Gasteiger partial charge in [-0.1, -0.05) is 22.9 Å². The summed E-state index contributed by atoms with van der Waals surface area (Å²) in [4.78, 5) is 23.3. The van der Waals surface area contributed by atoms with Crippen molar-refractivity contribution in [1.82, 2.24) is 5.32 Å². The summed E-state index contributed by atoms with van der Waals surface area (Å²) < 4.78 is 0.864. The van der Waals surface area contributed by atoms with Crippen molar-refractivity contribution in [3.63, 3.8) is 0 Å². The molecular formula is C15H23BrClN3O2. The van der Waals surface area contributed by atoms with E-state index in [9.17, 15) is 9.59 Å². The molecule has 0 saturated heterocycles. The maximum atomic E-state index is 11.9. The smallest absolute Gasteiger partial charge is 0.224 e. The third kappa shape index (κ3) is 7.13. The number of hydrogen-bond acceptors (Lipinski definition) is 3. The highest BCUT2D eigenvalue weighted by Gasteiger charge is 2.09. The molecule has 5 nitrogen and oxygen atoms in total. The van der Waals surface area contributed by atoms with Gasteiger partial charge in [0.15, 0.2) is 0 Å². The molecule has 0 saturated carbocycles. The van der Waals surface area contributed by atoms with Crippen LogP contribution in [0.2, 0.25) is 0 Å². The predicted molar refractivity (Wildman–Crippen MR) is 96.3 cm³/mol. The molecule has 4 N–H and O–H groups in total. The van der Waals surface area contributed by atoms with Crippen LogP contribution in [0, 0.1) is 6.92 Å². The Labute approximate surface area is 145 Å². The molecule has 0 atom stereocenters. The lowest BCUT2D eigenvalue weighted by molar-refractivity contribution is -0.121. The number of anilines is 2. The van der Waals surface area contributed by atoms with Crippen molar-refractivity contribution in [3.05, 3.63) is 22.2 Å². The van der Waals surface area contributed by atoms with Crippen molar-refractivity contribution in [2.24, 2.45) is 0 Å². The van der Waals surface area contributed by atoms with E-state index in [0.717, 1.165) is 16.5 Å². The zero-order valence-electron chi connectivity index (χ0n) is 12.9. The second-order valence-electron chi connectivity index (χ2n) is 4.94. The standard InChI is InChI=1S/C15H22BrN3O2.ClH/c1-3-7-18-13(20)5-4-6-14(21)19-12-9-11(16)8-10(2)15(12)17;/h8-9H,3-7,17H2,1-2H3,(H,18,20)(H,19,21);1H. The van der Waals surface area contributed by atoms with Gasteiger partial charge in [-0.05, 0) is 37.5 Å². The lowest BCUT2D eigenvalue weighted by atomic mass is 10.1. The molecule has 2 amide bonds. The van der Waals surface area contributed by atoms with Gasteiger partial charge in [0.25, 0.3) is 0 Å². The van der Waals surface area contributed by atoms with E-state index >= 15 is 0 Å². The van der Waals surface area contributed by atoms with Crippen LogP contribution in [0.25, 0.3) is 0 Å². The van der Waals surface area contributed by atoms with Gasteiger partial charge < -0.3 is 16.4 Å². The average molecular weight is 393 g/mol. The van der Waals surface area contributed by atoms with Gasteiger partial charge in [0, 0.05) is 23.9 Å². The topological polar surface area (TPSA) is 84.2 Å². The van der Waals surface area contributed by atoms with Gasteiger partial charge in [0.2, 0.25) is 11.8 Å². The highest BCUT2D eigenvalue weighted by molar-refractivity contribution is 9.10. The first-order chi connectivity index (χ1) is 9.93. The minimum atomic E-state index is -0.137. The molecule has 0 aliphatic heterocycles. The van der Waals surface area contributed by atoms with Crippen LogP contribution in [0.5, 0.6) is 0 Å². The Morgan fingerprint density at radius 2 is 1.86 bits per heavy atom. The molecule has 0 unspecified atom stereocenters. The lowest BCUT2D eigenvalue weighted by Gasteiger charge is -2.11. The minimum Gasteiger partial charge on any atom is -0.397 e. The van der Waals surface area contributed by atoms with Gasteiger partial charge in [-0.15, -0.1) is 12.4 Å². The van der Waals surface area contributed by atoms with Crippen molar-refractivity contribution in [2.45, 2.75) is 39.5 Å². The Hall–Kier alpha value is -1.27. The summed E-state index contributed by atoms with van der Waals surface area (Å²) in [5, 5.41) is 5.57. The molecule has 124 valence electrons. The number of halogens is 2. The van der Waals surface area contributed by atoms with Crippen LogP contribution in [0.4, 0.5) is 11.4 Å². The number of carbonyl (C=O) groups is 2.